The minimum absolute atomic E-state index is 0.164. The highest BCUT2D eigenvalue weighted by molar-refractivity contribution is 5.92. The van der Waals surface area contributed by atoms with Crippen molar-refractivity contribution in [2.75, 3.05) is 14.2 Å². The molecule has 0 radical (unpaired) electrons. The molecular weight excluding hydrogens is 184 g/mol. The topological polar surface area (TPSA) is 55.8 Å². The fraction of sp³-hybridized carbons (Fsp3) is 0.300. The van der Waals surface area contributed by atoms with Gasteiger partial charge in [0, 0.05) is 7.11 Å². The summed E-state index contributed by atoms with van der Waals surface area (Å²) in [6.07, 6.45) is 0. The lowest BCUT2D eigenvalue weighted by atomic mass is 10.1. The van der Waals surface area contributed by atoms with E-state index in [0.29, 0.717) is 11.3 Å². The van der Waals surface area contributed by atoms with Crippen molar-refractivity contribution in [3.63, 3.8) is 0 Å². The van der Waals surface area contributed by atoms with Gasteiger partial charge in [-0.3, -0.25) is 0 Å². The van der Waals surface area contributed by atoms with E-state index in [9.17, 15) is 4.79 Å². The van der Waals surface area contributed by atoms with Crippen LogP contribution in [-0.4, -0.2) is 25.3 Å². The zero-order chi connectivity index (χ0) is 10.6. The molecule has 76 valence electrons. The summed E-state index contributed by atoms with van der Waals surface area (Å²) in [6.45, 7) is 0.263. The van der Waals surface area contributed by atoms with Gasteiger partial charge in [0.2, 0.25) is 0 Å². The number of methoxy groups -OCH3 is 2. The molecule has 0 aliphatic heterocycles. The van der Waals surface area contributed by atoms with Crippen LogP contribution in [0.5, 0.6) is 5.75 Å². The van der Waals surface area contributed by atoms with Crippen LogP contribution in [0.3, 0.4) is 0 Å². The molecule has 1 aromatic rings. The Morgan fingerprint density at radius 1 is 1.43 bits per heavy atom. The van der Waals surface area contributed by atoms with Crippen LogP contribution < -0.4 is 4.74 Å². The van der Waals surface area contributed by atoms with Gasteiger partial charge in [0.15, 0.2) is 0 Å². The maximum atomic E-state index is 10.9. The third-order valence-corrected chi connectivity index (χ3v) is 1.85. The molecular formula is C10H12O4. The minimum Gasteiger partial charge on any atom is -0.496 e. The quantitative estimate of drug-likeness (QED) is 0.793. The molecule has 0 saturated heterocycles. The van der Waals surface area contributed by atoms with Crippen LogP contribution in [0.1, 0.15) is 15.9 Å². The number of aromatic carboxylic acids is 1. The Morgan fingerprint density at radius 2 is 2.14 bits per heavy atom. The average molecular weight is 196 g/mol. The molecule has 0 heterocycles. The van der Waals surface area contributed by atoms with E-state index in [-0.39, 0.29) is 12.2 Å². The SMILES string of the molecule is COCc1cccc(OC)c1C(=O)O. The van der Waals surface area contributed by atoms with E-state index in [2.05, 4.69) is 0 Å². The summed E-state index contributed by atoms with van der Waals surface area (Å²) in [4.78, 5) is 10.9. The molecule has 1 rings (SSSR count). The van der Waals surface area contributed by atoms with Crippen molar-refractivity contribution in [2.24, 2.45) is 0 Å². The third kappa shape index (κ3) is 2.03. The summed E-state index contributed by atoms with van der Waals surface area (Å²) in [5.74, 6) is -0.651. The van der Waals surface area contributed by atoms with Crippen LogP contribution in [0.25, 0.3) is 0 Å². The van der Waals surface area contributed by atoms with Gasteiger partial charge in [-0.1, -0.05) is 12.1 Å². The van der Waals surface area contributed by atoms with Crippen LogP contribution in [0.2, 0.25) is 0 Å². The molecule has 0 atom stereocenters. The lowest BCUT2D eigenvalue weighted by Gasteiger charge is -2.09. The summed E-state index contributed by atoms with van der Waals surface area (Å²) in [5, 5.41) is 8.97. The van der Waals surface area contributed by atoms with E-state index >= 15 is 0 Å². The highest BCUT2D eigenvalue weighted by Crippen LogP contribution is 2.22. The Morgan fingerprint density at radius 3 is 2.64 bits per heavy atom. The molecule has 1 N–H and O–H groups in total. The van der Waals surface area contributed by atoms with Crippen molar-refractivity contribution in [2.45, 2.75) is 6.61 Å². The Labute approximate surface area is 82.1 Å². The van der Waals surface area contributed by atoms with Crippen LogP contribution in [0.15, 0.2) is 18.2 Å². The number of rotatable bonds is 4. The maximum absolute atomic E-state index is 10.9. The Balaban J connectivity index is 3.20. The first-order valence-electron chi connectivity index (χ1n) is 4.08. The van der Waals surface area contributed by atoms with Gasteiger partial charge in [-0.05, 0) is 11.6 Å². The number of hydrogen-bond donors (Lipinski definition) is 1. The van der Waals surface area contributed by atoms with E-state index in [1.165, 1.54) is 14.2 Å². The van der Waals surface area contributed by atoms with Gasteiger partial charge in [-0.2, -0.15) is 0 Å². The first-order valence-corrected chi connectivity index (χ1v) is 4.08. The summed E-state index contributed by atoms with van der Waals surface area (Å²) in [5.41, 5.74) is 0.774. The molecule has 0 saturated carbocycles. The van der Waals surface area contributed by atoms with Crippen molar-refractivity contribution in [1.82, 2.24) is 0 Å². The predicted molar refractivity (Wildman–Crippen MR) is 50.7 cm³/mol. The number of carbonyl (C=O) groups is 1. The van der Waals surface area contributed by atoms with Crippen LogP contribution >= 0.6 is 0 Å². The number of carboxylic acids is 1. The highest BCUT2D eigenvalue weighted by atomic mass is 16.5. The molecule has 0 aliphatic rings. The van der Waals surface area contributed by atoms with Gasteiger partial charge >= 0.3 is 5.97 Å². The molecule has 0 aliphatic carbocycles. The van der Waals surface area contributed by atoms with Gasteiger partial charge in [0.05, 0.1) is 13.7 Å². The normalized spacial score (nSPS) is 9.86. The lowest BCUT2D eigenvalue weighted by molar-refractivity contribution is 0.0688. The molecule has 4 nitrogen and oxygen atoms in total. The van der Waals surface area contributed by atoms with E-state index < -0.39 is 5.97 Å². The van der Waals surface area contributed by atoms with Crippen LogP contribution in [0.4, 0.5) is 0 Å². The second kappa shape index (κ2) is 4.62. The van der Waals surface area contributed by atoms with Crippen LogP contribution in [0, 0.1) is 0 Å². The number of carboxylic acid groups (broad SMARTS) is 1. The number of hydrogen-bond acceptors (Lipinski definition) is 3. The fourth-order valence-electron chi connectivity index (χ4n) is 1.27. The summed E-state index contributed by atoms with van der Waals surface area (Å²) < 4.78 is 9.86. The second-order valence-corrected chi connectivity index (χ2v) is 2.73. The largest absolute Gasteiger partial charge is 0.496 e. The van der Waals surface area contributed by atoms with Crippen molar-refractivity contribution >= 4 is 5.97 Å². The first kappa shape index (κ1) is 10.5. The van der Waals surface area contributed by atoms with Crippen LogP contribution in [-0.2, 0) is 11.3 Å². The van der Waals surface area contributed by atoms with Gasteiger partial charge in [0.25, 0.3) is 0 Å². The van der Waals surface area contributed by atoms with Gasteiger partial charge in [-0.25, -0.2) is 4.79 Å². The molecule has 4 heteroatoms. The zero-order valence-corrected chi connectivity index (χ0v) is 8.11. The lowest BCUT2D eigenvalue weighted by Crippen LogP contribution is -2.06. The minimum atomic E-state index is -1.01. The zero-order valence-electron chi connectivity index (χ0n) is 8.11. The van der Waals surface area contributed by atoms with Crippen molar-refractivity contribution in [1.29, 1.82) is 0 Å². The first-order chi connectivity index (χ1) is 6.70. The van der Waals surface area contributed by atoms with Gasteiger partial charge < -0.3 is 14.6 Å². The molecule has 0 amide bonds. The van der Waals surface area contributed by atoms with Crippen molar-refractivity contribution in [3.05, 3.63) is 29.3 Å². The second-order valence-electron chi connectivity index (χ2n) is 2.73. The Kier molecular flexibility index (Phi) is 3.48. The monoisotopic (exact) mass is 196 g/mol. The molecule has 0 aromatic heterocycles. The van der Waals surface area contributed by atoms with E-state index in [4.69, 9.17) is 14.6 Å². The standard InChI is InChI=1S/C10H12O4/c1-13-6-7-4-3-5-8(14-2)9(7)10(11)12/h3-5H,6H2,1-2H3,(H,11,12). The van der Waals surface area contributed by atoms with Gasteiger partial charge in [-0.15, -0.1) is 0 Å². The Bertz CT molecular complexity index is 333. The van der Waals surface area contributed by atoms with E-state index in [1.54, 1.807) is 18.2 Å². The molecule has 0 bridgehead atoms. The van der Waals surface area contributed by atoms with E-state index in [0.717, 1.165) is 0 Å². The third-order valence-electron chi connectivity index (χ3n) is 1.85. The van der Waals surface area contributed by atoms with Crippen molar-refractivity contribution in [3.8, 4) is 5.75 Å². The maximum Gasteiger partial charge on any atom is 0.339 e. The summed E-state index contributed by atoms with van der Waals surface area (Å²) in [7, 11) is 2.96. The molecule has 0 unspecified atom stereocenters. The fourth-order valence-corrected chi connectivity index (χ4v) is 1.27. The van der Waals surface area contributed by atoms with Gasteiger partial charge in [0.1, 0.15) is 11.3 Å². The molecule has 0 spiro atoms. The summed E-state index contributed by atoms with van der Waals surface area (Å²) >= 11 is 0. The average Bonchev–Trinajstić information content (AvgIpc) is 2.17. The predicted octanol–water partition coefficient (Wildman–Crippen LogP) is 1.54. The Hall–Kier alpha value is -1.55. The molecule has 14 heavy (non-hydrogen) atoms. The number of ether oxygens (including phenoxy) is 2. The van der Waals surface area contributed by atoms with E-state index in [1.807, 2.05) is 0 Å². The molecule has 1 aromatic carbocycles. The van der Waals surface area contributed by atoms with Crippen molar-refractivity contribution < 1.29 is 19.4 Å². The highest BCUT2D eigenvalue weighted by Gasteiger charge is 2.15. The number of benzene rings is 1. The summed E-state index contributed by atoms with van der Waals surface area (Å²) in [6, 6.07) is 5.05. The smallest absolute Gasteiger partial charge is 0.339 e. The molecule has 0 fully saturated rings.